The Morgan fingerprint density at radius 3 is 2.19 bits per heavy atom. The maximum absolute atomic E-state index is 13.0. The van der Waals surface area contributed by atoms with E-state index in [1.54, 1.807) is 0 Å². The third kappa shape index (κ3) is 5.71. The minimum Gasteiger partial charge on any atom is -0.335 e. The van der Waals surface area contributed by atoms with E-state index in [1.807, 2.05) is 0 Å². The first kappa shape index (κ1) is 23.0. The van der Waals surface area contributed by atoms with E-state index in [0.29, 0.717) is 5.56 Å². The molecule has 0 aliphatic carbocycles. The SMILES string of the molecule is O=C(Nc1cccc(Cl)c1SC(F)F)C(=O)N1CCN(C(=O)c2ccc(F)cc2)CC1. The molecule has 3 amide bonds. The van der Waals surface area contributed by atoms with Gasteiger partial charge in [0.15, 0.2) is 0 Å². The predicted octanol–water partition coefficient (Wildman–Crippen LogP) is 3.72. The third-order valence-electron chi connectivity index (χ3n) is 4.56. The molecule has 1 aliphatic heterocycles. The second-order valence-corrected chi connectivity index (χ2v) is 7.95. The Balaban J connectivity index is 1.60. The fraction of sp³-hybridized carbons (Fsp3) is 0.250. The number of rotatable bonds is 4. The van der Waals surface area contributed by atoms with E-state index < -0.39 is 23.4 Å². The molecule has 6 nitrogen and oxygen atoms in total. The zero-order valence-electron chi connectivity index (χ0n) is 16.0. The second kappa shape index (κ2) is 10.1. The van der Waals surface area contributed by atoms with E-state index in [-0.39, 0.29) is 59.5 Å². The number of hydrogen-bond donors (Lipinski definition) is 1. The summed E-state index contributed by atoms with van der Waals surface area (Å²) < 4.78 is 38.6. The van der Waals surface area contributed by atoms with Crippen LogP contribution in [0.15, 0.2) is 47.4 Å². The van der Waals surface area contributed by atoms with Gasteiger partial charge in [0.2, 0.25) is 0 Å². The molecule has 0 spiro atoms. The summed E-state index contributed by atoms with van der Waals surface area (Å²) in [5.41, 5.74) is 0.338. The van der Waals surface area contributed by atoms with Crippen molar-refractivity contribution in [3.8, 4) is 0 Å². The highest BCUT2D eigenvalue weighted by Crippen LogP contribution is 2.37. The van der Waals surface area contributed by atoms with Crippen LogP contribution >= 0.6 is 23.4 Å². The third-order valence-corrected chi connectivity index (χ3v) is 5.84. The van der Waals surface area contributed by atoms with Gasteiger partial charge in [-0.3, -0.25) is 14.4 Å². The average Bonchev–Trinajstić information content (AvgIpc) is 2.75. The van der Waals surface area contributed by atoms with Gasteiger partial charge in [0.25, 0.3) is 11.7 Å². The number of hydrogen-bond acceptors (Lipinski definition) is 4. The molecule has 0 atom stereocenters. The molecule has 0 bridgehead atoms. The van der Waals surface area contributed by atoms with Gasteiger partial charge < -0.3 is 15.1 Å². The minimum atomic E-state index is -2.75. The number of anilines is 1. The molecule has 1 aliphatic rings. The van der Waals surface area contributed by atoms with E-state index in [0.717, 1.165) is 0 Å². The lowest BCUT2D eigenvalue weighted by atomic mass is 10.1. The van der Waals surface area contributed by atoms with Gasteiger partial charge in [-0.1, -0.05) is 29.4 Å². The minimum absolute atomic E-state index is 0.0151. The molecule has 2 aromatic carbocycles. The lowest BCUT2D eigenvalue weighted by Gasteiger charge is -2.34. The lowest BCUT2D eigenvalue weighted by Crippen LogP contribution is -2.53. The highest BCUT2D eigenvalue weighted by molar-refractivity contribution is 7.99. The summed E-state index contributed by atoms with van der Waals surface area (Å²) in [7, 11) is 0. The first-order valence-corrected chi connectivity index (χ1v) is 10.4. The van der Waals surface area contributed by atoms with Crippen LogP contribution in [-0.2, 0) is 9.59 Å². The van der Waals surface area contributed by atoms with Gasteiger partial charge in [0.1, 0.15) is 5.82 Å². The Bertz CT molecular complexity index is 983. The molecule has 1 heterocycles. The van der Waals surface area contributed by atoms with Gasteiger partial charge in [0.05, 0.1) is 15.6 Å². The molecule has 1 N–H and O–H groups in total. The van der Waals surface area contributed by atoms with E-state index >= 15 is 0 Å². The lowest BCUT2D eigenvalue weighted by molar-refractivity contribution is -0.144. The van der Waals surface area contributed by atoms with Gasteiger partial charge in [-0.05, 0) is 36.4 Å². The topological polar surface area (TPSA) is 69.7 Å². The molecule has 31 heavy (non-hydrogen) atoms. The van der Waals surface area contributed by atoms with Crippen LogP contribution in [-0.4, -0.2) is 59.5 Å². The first-order valence-electron chi connectivity index (χ1n) is 9.14. The van der Waals surface area contributed by atoms with Crippen molar-refractivity contribution >= 4 is 46.8 Å². The molecule has 0 unspecified atom stereocenters. The maximum Gasteiger partial charge on any atom is 0.313 e. The Hall–Kier alpha value is -2.72. The molecule has 0 radical (unpaired) electrons. The van der Waals surface area contributed by atoms with Crippen molar-refractivity contribution in [1.82, 2.24) is 9.80 Å². The molecular weight excluding hydrogens is 455 g/mol. The van der Waals surface area contributed by atoms with Crippen LogP contribution in [0.2, 0.25) is 5.02 Å². The van der Waals surface area contributed by atoms with Crippen LogP contribution in [0.25, 0.3) is 0 Å². The van der Waals surface area contributed by atoms with Crippen molar-refractivity contribution in [1.29, 1.82) is 0 Å². The Morgan fingerprint density at radius 1 is 0.968 bits per heavy atom. The maximum atomic E-state index is 13.0. The standard InChI is InChI=1S/C20H17ClF3N3O3S/c21-14-2-1-3-15(16(14)31-20(23)24)25-17(28)19(30)27-10-8-26(9-11-27)18(29)12-4-6-13(22)7-5-12/h1-7,20H,8-11H2,(H,25,28). The number of halogens is 4. The van der Waals surface area contributed by atoms with Crippen LogP contribution in [0.4, 0.5) is 18.9 Å². The number of carbonyl (C=O) groups is 3. The molecule has 1 fully saturated rings. The monoisotopic (exact) mass is 471 g/mol. The number of nitrogens with zero attached hydrogens (tertiary/aromatic N) is 2. The summed E-state index contributed by atoms with van der Waals surface area (Å²) in [5.74, 6) is -5.34. The Kier molecular flexibility index (Phi) is 7.45. The summed E-state index contributed by atoms with van der Waals surface area (Å²) in [6, 6.07) is 9.38. The van der Waals surface area contributed by atoms with Crippen molar-refractivity contribution < 1.29 is 27.6 Å². The smallest absolute Gasteiger partial charge is 0.313 e. The number of piperazine rings is 1. The fourth-order valence-electron chi connectivity index (χ4n) is 3.02. The number of benzene rings is 2. The normalized spacial score (nSPS) is 14.0. The van der Waals surface area contributed by atoms with Crippen LogP contribution in [0.5, 0.6) is 0 Å². The first-order chi connectivity index (χ1) is 14.8. The second-order valence-electron chi connectivity index (χ2n) is 6.54. The molecule has 1 saturated heterocycles. The van der Waals surface area contributed by atoms with Gasteiger partial charge >= 0.3 is 11.8 Å². The van der Waals surface area contributed by atoms with Crippen molar-refractivity contribution in [2.24, 2.45) is 0 Å². The van der Waals surface area contributed by atoms with Gasteiger partial charge in [-0.25, -0.2) is 4.39 Å². The summed E-state index contributed by atoms with van der Waals surface area (Å²) in [6.07, 6.45) is 0. The van der Waals surface area contributed by atoms with Crippen LogP contribution in [0, 0.1) is 5.82 Å². The van der Waals surface area contributed by atoms with Crippen molar-refractivity contribution in [3.05, 3.63) is 58.9 Å². The molecule has 2 aromatic rings. The summed E-state index contributed by atoms with van der Waals surface area (Å²) in [6.45, 7) is 0.624. The number of carbonyl (C=O) groups excluding carboxylic acids is 3. The number of thioether (sulfide) groups is 1. The number of amides is 3. The molecule has 0 saturated carbocycles. The zero-order valence-corrected chi connectivity index (χ0v) is 17.6. The Morgan fingerprint density at radius 2 is 1.58 bits per heavy atom. The molecular formula is C20H17ClF3N3O3S. The van der Waals surface area contributed by atoms with E-state index in [4.69, 9.17) is 11.6 Å². The van der Waals surface area contributed by atoms with Gasteiger partial charge in [-0.15, -0.1) is 0 Å². The van der Waals surface area contributed by atoms with E-state index in [1.165, 1.54) is 52.3 Å². The fourth-order valence-corrected chi connectivity index (χ4v) is 3.94. The van der Waals surface area contributed by atoms with Crippen molar-refractivity contribution in [2.45, 2.75) is 10.7 Å². The number of nitrogens with one attached hydrogen (secondary N) is 1. The highest BCUT2D eigenvalue weighted by Gasteiger charge is 2.29. The van der Waals surface area contributed by atoms with E-state index in [9.17, 15) is 27.6 Å². The molecule has 0 aromatic heterocycles. The predicted molar refractivity (Wildman–Crippen MR) is 111 cm³/mol. The zero-order chi connectivity index (χ0) is 22.5. The molecule has 3 rings (SSSR count). The summed E-state index contributed by atoms with van der Waals surface area (Å²) in [4.78, 5) is 40.1. The van der Waals surface area contributed by atoms with Crippen LogP contribution in [0.3, 0.4) is 0 Å². The van der Waals surface area contributed by atoms with E-state index in [2.05, 4.69) is 5.32 Å². The average molecular weight is 472 g/mol. The van der Waals surface area contributed by atoms with Gasteiger partial charge in [-0.2, -0.15) is 8.78 Å². The Labute approximate surface area is 185 Å². The largest absolute Gasteiger partial charge is 0.335 e. The van der Waals surface area contributed by atoms with Crippen LogP contribution in [0.1, 0.15) is 10.4 Å². The summed E-state index contributed by atoms with van der Waals surface area (Å²) >= 11 is 6.10. The van der Waals surface area contributed by atoms with Gasteiger partial charge in [0, 0.05) is 31.7 Å². The molecule has 164 valence electrons. The van der Waals surface area contributed by atoms with Crippen LogP contribution < -0.4 is 5.32 Å². The quantitative estimate of drug-likeness (QED) is 0.545. The van der Waals surface area contributed by atoms with Crippen molar-refractivity contribution in [2.75, 3.05) is 31.5 Å². The van der Waals surface area contributed by atoms with Crippen molar-refractivity contribution in [3.63, 3.8) is 0 Å². The summed E-state index contributed by atoms with van der Waals surface area (Å²) in [5, 5.41) is 2.37. The molecule has 11 heteroatoms. The highest BCUT2D eigenvalue weighted by atomic mass is 35.5. The number of alkyl halides is 2.